The molecule has 0 aliphatic carbocycles. The number of imidazole rings is 1. The largest absolute Gasteiger partial charge is 0.481 e. The SMILES string of the molecule is CC(C)(COP(=O)(O)OP(=O)(O)OCC1OC(C)(n2cnc3c(N)ncnc32)C(O)C1OP(=O)(O)O)C(O)C(=O)NCCC(=O)NCCSC(=O)/C=C\CCCC(=O)O. The Morgan fingerprint density at radius 1 is 1.07 bits per heavy atom. The first-order chi connectivity index (χ1) is 27.3. The summed E-state index contributed by atoms with van der Waals surface area (Å²) in [6, 6.07) is 0. The molecule has 1 aliphatic rings. The molecule has 0 aromatic carbocycles. The van der Waals surface area contributed by atoms with Gasteiger partial charge in [-0.25, -0.2) is 28.6 Å². The molecule has 0 radical (unpaired) electrons. The minimum atomic E-state index is -5.61. The molecule has 1 saturated heterocycles. The second kappa shape index (κ2) is 21.0. The maximum absolute atomic E-state index is 12.8. The molecule has 30 heteroatoms. The molecule has 332 valence electrons. The van der Waals surface area contributed by atoms with E-state index in [1.165, 1.54) is 26.8 Å². The number of rotatable bonds is 24. The summed E-state index contributed by atoms with van der Waals surface area (Å²) >= 11 is 0.931. The Bertz CT molecular complexity index is 2000. The molecule has 2 amide bonds. The number of carboxylic acids is 1. The van der Waals surface area contributed by atoms with E-state index in [1.54, 1.807) is 6.08 Å². The normalized spacial score (nSPS) is 22.5. The summed E-state index contributed by atoms with van der Waals surface area (Å²) in [5, 5.41) is 34.9. The van der Waals surface area contributed by atoms with Crippen molar-refractivity contribution in [3.05, 3.63) is 24.8 Å². The average molecular weight is 922 g/mol. The van der Waals surface area contributed by atoms with Crippen LogP contribution in [0.2, 0.25) is 0 Å². The van der Waals surface area contributed by atoms with E-state index >= 15 is 0 Å². The van der Waals surface area contributed by atoms with E-state index in [4.69, 9.17) is 29.1 Å². The number of aliphatic hydroxyl groups is 2. The number of nitrogens with zero attached hydrogens (tertiary/aromatic N) is 4. The number of phosphoric ester groups is 3. The van der Waals surface area contributed by atoms with Gasteiger partial charge in [0.25, 0.3) is 0 Å². The molecule has 7 atom stereocenters. The van der Waals surface area contributed by atoms with Gasteiger partial charge in [-0.3, -0.25) is 37.3 Å². The second-order valence-electron chi connectivity index (χ2n) is 13.5. The zero-order chi connectivity index (χ0) is 44.4. The van der Waals surface area contributed by atoms with Crippen LogP contribution in [0.1, 0.15) is 46.5 Å². The lowest BCUT2D eigenvalue weighted by Gasteiger charge is -2.30. The number of hydrogen-bond donors (Lipinski definition) is 10. The topological polar surface area (TPSA) is 401 Å². The number of nitrogens with two attached hydrogens (primary N) is 1. The Morgan fingerprint density at radius 2 is 1.75 bits per heavy atom. The number of fused-ring (bicyclic) bond motifs is 1. The molecule has 2 aromatic rings. The molecule has 0 saturated carbocycles. The molecule has 11 N–H and O–H groups in total. The van der Waals surface area contributed by atoms with Crippen LogP contribution in [0, 0.1) is 5.41 Å². The molecule has 59 heavy (non-hydrogen) atoms. The van der Waals surface area contributed by atoms with Gasteiger partial charge in [-0.1, -0.05) is 31.7 Å². The first-order valence-corrected chi connectivity index (χ1v) is 22.7. The summed E-state index contributed by atoms with van der Waals surface area (Å²) in [5.41, 5.74) is 2.24. The molecule has 0 bridgehead atoms. The van der Waals surface area contributed by atoms with Gasteiger partial charge in [-0.05, 0) is 25.8 Å². The molecule has 1 fully saturated rings. The summed E-state index contributed by atoms with van der Waals surface area (Å²) in [6.07, 6.45) is -1.94. The van der Waals surface area contributed by atoms with Crippen molar-refractivity contribution in [1.82, 2.24) is 30.2 Å². The van der Waals surface area contributed by atoms with Gasteiger partial charge in [0, 0.05) is 37.1 Å². The van der Waals surface area contributed by atoms with Crippen LogP contribution >= 0.6 is 35.2 Å². The number of hydrogen-bond acceptors (Lipinski definition) is 19. The average Bonchev–Trinajstić information content (AvgIpc) is 3.67. The molecule has 1 aliphatic heterocycles. The molecule has 3 rings (SSSR count). The monoisotopic (exact) mass is 921 g/mol. The summed E-state index contributed by atoms with van der Waals surface area (Å²) in [4.78, 5) is 98.3. The third-order valence-corrected chi connectivity index (χ3v) is 12.2. The number of aromatic nitrogens is 4. The molecule has 3 heterocycles. The van der Waals surface area contributed by atoms with Crippen LogP contribution in [0.3, 0.4) is 0 Å². The number of carbonyl (C=O) groups excluding carboxylic acids is 3. The third-order valence-electron chi connectivity index (χ3n) is 8.25. The fourth-order valence-corrected chi connectivity index (χ4v) is 8.61. The number of nitrogens with one attached hydrogen (secondary N) is 2. The van der Waals surface area contributed by atoms with Gasteiger partial charge < -0.3 is 56.0 Å². The van der Waals surface area contributed by atoms with Crippen molar-refractivity contribution < 1.29 is 90.4 Å². The number of thioether (sulfide) groups is 1. The number of amides is 2. The van der Waals surface area contributed by atoms with Crippen LogP contribution in [-0.2, 0) is 61.2 Å². The fourth-order valence-electron chi connectivity index (χ4n) is 5.19. The highest BCUT2D eigenvalue weighted by Gasteiger charge is 2.57. The number of carbonyl (C=O) groups is 4. The predicted octanol–water partition coefficient (Wildman–Crippen LogP) is -0.350. The molecular formula is C29H46N7O19P3S. The van der Waals surface area contributed by atoms with Gasteiger partial charge in [-0.15, -0.1) is 0 Å². The zero-order valence-corrected chi connectivity index (χ0v) is 35.1. The van der Waals surface area contributed by atoms with E-state index in [9.17, 15) is 62.7 Å². The number of ether oxygens (including phenoxy) is 1. The maximum atomic E-state index is 12.8. The molecule has 26 nitrogen and oxygen atoms in total. The van der Waals surface area contributed by atoms with Gasteiger partial charge in [-0.2, -0.15) is 4.31 Å². The molecule has 7 unspecified atom stereocenters. The number of aliphatic hydroxyl groups excluding tert-OH is 2. The maximum Gasteiger partial charge on any atom is 0.481 e. The van der Waals surface area contributed by atoms with Crippen molar-refractivity contribution in [3.8, 4) is 0 Å². The van der Waals surface area contributed by atoms with Crippen molar-refractivity contribution in [1.29, 1.82) is 0 Å². The standard InChI is InChI=1S/C29H46N7O19P3S/c1-28(2,24(42)27(43)32-10-9-18(37)31-11-12-59-20(40)8-6-4-5-7-19(38)39)14-52-58(49,50)55-57(47,48)51-13-17-22(54-56(44,45)46)23(41)29(3,53-17)36-16-35-21-25(30)33-15-34-26(21)36/h6,8,15-17,22-24,41-42H,4-5,7,9-14H2,1-3H3,(H,31,37)(H,32,43)(H,38,39)(H,47,48)(H,49,50)(H2,30,33,34)(H2,44,45,46)/b8-6-. The minimum absolute atomic E-state index is 0.00950. The quantitative estimate of drug-likeness (QED) is 0.0365. The molecule has 2 aromatic heterocycles. The summed E-state index contributed by atoms with van der Waals surface area (Å²) in [6.45, 7) is 1.51. The molecular weight excluding hydrogens is 875 g/mol. The summed E-state index contributed by atoms with van der Waals surface area (Å²) < 4.78 is 62.6. The number of allylic oxidation sites excluding steroid dienone is 1. The predicted molar refractivity (Wildman–Crippen MR) is 202 cm³/mol. The van der Waals surface area contributed by atoms with Gasteiger partial charge >= 0.3 is 29.4 Å². The Hall–Kier alpha value is -3.23. The number of unbranched alkanes of at least 4 members (excludes halogenated alkanes) is 1. The lowest BCUT2D eigenvalue weighted by Crippen LogP contribution is -2.46. The van der Waals surface area contributed by atoms with Gasteiger partial charge in [0.2, 0.25) is 16.9 Å². The first kappa shape index (κ1) is 50.1. The second-order valence-corrected chi connectivity index (χ2v) is 18.8. The van der Waals surface area contributed by atoms with Crippen LogP contribution in [0.5, 0.6) is 0 Å². The van der Waals surface area contributed by atoms with Crippen LogP contribution in [0.15, 0.2) is 24.8 Å². The van der Waals surface area contributed by atoms with Crippen LogP contribution < -0.4 is 16.4 Å². The highest BCUT2D eigenvalue weighted by atomic mass is 32.2. The fraction of sp³-hybridized carbons (Fsp3) is 0.621. The van der Waals surface area contributed by atoms with Gasteiger partial charge in [0.05, 0.1) is 19.5 Å². The summed E-state index contributed by atoms with van der Waals surface area (Å²) in [5.74, 6) is -2.25. The van der Waals surface area contributed by atoms with Crippen molar-refractivity contribution in [2.24, 2.45) is 5.41 Å². The van der Waals surface area contributed by atoms with Gasteiger partial charge in [0.15, 0.2) is 17.2 Å². The molecule has 0 spiro atoms. The van der Waals surface area contributed by atoms with E-state index in [-0.39, 0.29) is 53.8 Å². The number of carboxylic acid groups (broad SMARTS) is 1. The lowest BCUT2D eigenvalue weighted by atomic mass is 9.87. The third kappa shape index (κ3) is 15.3. The van der Waals surface area contributed by atoms with Crippen molar-refractivity contribution in [2.45, 2.75) is 76.6 Å². The van der Waals surface area contributed by atoms with E-state index in [2.05, 4.69) is 29.9 Å². The van der Waals surface area contributed by atoms with E-state index in [0.717, 1.165) is 29.0 Å². The first-order valence-electron chi connectivity index (χ1n) is 17.2. The number of phosphoric acid groups is 3. The van der Waals surface area contributed by atoms with Crippen molar-refractivity contribution >= 4 is 75.1 Å². The smallest absolute Gasteiger partial charge is 0.481 e. The van der Waals surface area contributed by atoms with Gasteiger partial charge in [0.1, 0.15) is 36.3 Å². The Kier molecular flexibility index (Phi) is 17.9. The van der Waals surface area contributed by atoms with Crippen LogP contribution in [0.25, 0.3) is 11.2 Å². The van der Waals surface area contributed by atoms with Crippen molar-refractivity contribution in [3.63, 3.8) is 0 Å². The Labute approximate surface area is 339 Å². The highest BCUT2D eigenvalue weighted by Crippen LogP contribution is 2.61. The lowest BCUT2D eigenvalue weighted by molar-refractivity contribution is -0.137. The number of anilines is 1. The zero-order valence-electron chi connectivity index (χ0n) is 31.6. The highest BCUT2D eigenvalue weighted by molar-refractivity contribution is 8.14. The van der Waals surface area contributed by atoms with Crippen LogP contribution in [0.4, 0.5) is 5.82 Å². The van der Waals surface area contributed by atoms with Crippen LogP contribution in [-0.4, -0.2) is 134 Å². The van der Waals surface area contributed by atoms with Crippen molar-refractivity contribution in [2.75, 3.05) is 37.8 Å². The number of aliphatic carboxylic acids is 1. The van der Waals surface area contributed by atoms with E-state index in [0.29, 0.717) is 12.8 Å². The number of nitrogen functional groups attached to an aromatic ring is 1. The Balaban J connectivity index is 1.48. The minimum Gasteiger partial charge on any atom is -0.481 e. The Morgan fingerprint density at radius 3 is 2.41 bits per heavy atom. The summed E-state index contributed by atoms with van der Waals surface area (Å²) in [7, 11) is -16.5. The van der Waals surface area contributed by atoms with E-state index in [1.807, 2.05) is 0 Å². The van der Waals surface area contributed by atoms with E-state index < -0.39 is 90.0 Å².